The van der Waals surface area contributed by atoms with Gasteiger partial charge in [0.15, 0.2) is 15.7 Å². The Morgan fingerprint density at radius 3 is 2.67 bits per heavy atom. The average molecular weight is 402 g/mol. The van der Waals surface area contributed by atoms with Gasteiger partial charge in [-0.05, 0) is 42.5 Å². The first-order chi connectivity index (χ1) is 12.9. The number of imidazole rings is 1. The Morgan fingerprint density at radius 1 is 1.07 bits per heavy atom. The number of H-pyrrole nitrogens is 1. The fraction of sp³-hybridized carbons (Fsp3) is 0.0526. The SMILES string of the molecule is O=S(=O)(Cc1c(F)cccc1Cl)c1ccc2nc(-c3ccccn3)[nH]c2c1. The molecule has 0 saturated heterocycles. The van der Waals surface area contributed by atoms with Gasteiger partial charge < -0.3 is 4.98 Å². The molecule has 0 amide bonds. The van der Waals surface area contributed by atoms with Gasteiger partial charge in [-0.3, -0.25) is 4.98 Å². The number of nitrogens with zero attached hydrogens (tertiary/aromatic N) is 2. The minimum Gasteiger partial charge on any atom is -0.337 e. The van der Waals surface area contributed by atoms with E-state index >= 15 is 0 Å². The van der Waals surface area contributed by atoms with Crippen LogP contribution in [0.5, 0.6) is 0 Å². The second-order valence-corrected chi connectivity index (χ2v) is 8.34. The van der Waals surface area contributed by atoms with Crippen LogP contribution in [-0.4, -0.2) is 23.4 Å². The van der Waals surface area contributed by atoms with Crippen LogP contribution < -0.4 is 0 Å². The zero-order valence-electron chi connectivity index (χ0n) is 13.9. The average Bonchev–Trinajstić information content (AvgIpc) is 3.09. The topological polar surface area (TPSA) is 75.7 Å². The van der Waals surface area contributed by atoms with E-state index < -0.39 is 21.4 Å². The van der Waals surface area contributed by atoms with Crippen molar-refractivity contribution in [2.75, 3.05) is 0 Å². The van der Waals surface area contributed by atoms with Crippen molar-refractivity contribution in [3.63, 3.8) is 0 Å². The fourth-order valence-corrected chi connectivity index (χ4v) is 4.47. The fourth-order valence-electron chi connectivity index (χ4n) is 2.75. The third-order valence-electron chi connectivity index (χ3n) is 4.12. The molecule has 1 N–H and O–H groups in total. The van der Waals surface area contributed by atoms with Gasteiger partial charge in [-0.25, -0.2) is 17.8 Å². The number of benzene rings is 2. The van der Waals surface area contributed by atoms with Crippen molar-refractivity contribution in [2.45, 2.75) is 10.6 Å². The van der Waals surface area contributed by atoms with Crippen LogP contribution in [0.4, 0.5) is 4.39 Å². The molecule has 5 nitrogen and oxygen atoms in total. The lowest BCUT2D eigenvalue weighted by Crippen LogP contribution is -2.07. The second-order valence-electron chi connectivity index (χ2n) is 5.94. The molecule has 8 heteroatoms. The van der Waals surface area contributed by atoms with Gasteiger partial charge in [-0.1, -0.05) is 23.7 Å². The van der Waals surface area contributed by atoms with E-state index in [0.717, 1.165) is 0 Å². The van der Waals surface area contributed by atoms with E-state index in [2.05, 4.69) is 15.0 Å². The van der Waals surface area contributed by atoms with Gasteiger partial charge in [0.05, 0.1) is 21.7 Å². The summed E-state index contributed by atoms with van der Waals surface area (Å²) in [6.45, 7) is 0. The Bertz CT molecular complexity index is 1220. The molecule has 0 saturated carbocycles. The van der Waals surface area contributed by atoms with Gasteiger partial charge in [0.1, 0.15) is 11.5 Å². The summed E-state index contributed by atoms with van der Waals surface area (Å²) in [6, 6.07) is 14.1. The summed E-state index contributed by atoms with van der Waals surface area (Å²) < 4.78 is 39.5. The molecule has 2 aromatic carbocycles. The number of rotatable bonds is 4. The molecule has 0 aliphatic heterocycles. The molecule has 2 heterocycles. The third-order valence-corrected chi connectivity index (χ3v) is 6.11. The van der Waals surface area contributed by atoms with Crippen LogP contribution in [-0.2, 0) is 15.6 Å². The summed E-state index contributed by atoms with van der Waals surface area (Å²) in [4.78, 5) is 11.8. The predicted octanol–water partition coefficient (Wildman–Crippen LogP) is 4.39. The Kier molecular flexibility index (Phi) is 4.41. The number of sulfone groups is 1. The van der Waals surface area contributed by atoms with E-state index in [1.165, 1.54) is 30.3 Å². The number of hydrogen-bond acceptors (Lipinski definition) is 4. The number of aromatic nitrogens is 3. The predicted molar refractivity (Wildman–Crippen MR) is 102 cm³/mol. The number of pyridine rings is 1. The lowest BCUT2D eigenvalue weighted by molar-refractivity contribution is 0.587. The minimum absolute atomic E-state index is 0.0435. The molecular formula is C19H13ClFN3O2S. The smallest absolute Gasteiger partial charge is 0.182 e. The quantitative estimate of drug-likeness (QED) is 0.550. The van der Waals surface area contributed by atoms with Crippen LogP contribution in [0, 0.1) is 5.82 Å². The highest BCUT2D eigenvalue weighted by Crippen LogP contribution is 2.27. The van der Waals surface area contributed by atoms with Crippen LogP contribution in [0.2, 0.25) is 5.02 Å². The first-order valence-corrected chi connectivity index (χ1v) is 10.0. The van der Waals surface area contributed by atoms with Gasteiger partial charge in [-0.2, -0.15) is 0 Å². The summed E-state index contributed by atoms with van der Waals surface area (Å²) in [6.07, 6.45) is 1.65. The summed E-state index contributed by atoms with van der Waals surface area (Å²) in [5.41, 5.74) is 1.77. The number of aromatic amines is 1. The van der Waals surface area contributed by atoms with E-state index in [0.29, 0.717) is 22.6 Å². The molecule has 0 bridgehead atoms. The van der Waals surface area contributed by atoms with Crippen molar-refractivity contribution in [1.29, 1.82) is 0 Å². The highest BCUT2D eigenvalue weighted by molar-refractivity contribution is 7.90. The van der Waals surface area contributed by atoms with Crippen LogP contribution in [0.3, 0.4) is 0 Å². The molecule has 2 aromatic heterocycles. The van der Waals surface area contributed by atoms with Crippen molar-refractivity contribution < 1.29 is 12.8 Å². The minimum atomic E-state index is -3.79. The summed E-state index contributed by atoms with van der Waals surface area (Å²) in [5, 5.41) is 0.0821. The van der Waals surface area contributed by atoms with E-state index in [4.69, 9.17) is 11.6 Å². The molecule has 0 radical (unpaired) electrons. The van der Waals surface area contributed by atoms with E-state index in [1.54, 1.807) is 24.4 Å². The largest absolute Gasteiger partial charge is 0.337 e. The number of hydrogen-bond donors (Lipinski definition) is 1. The molecule has 0 atom stereocenters. The molecular weight excluding hydrogens is 389 g/mol. The Labute approximate surface area is 159 Å². The molecule has 4 aromatic rings. The van der Waals surface area contributed by atoms with E-state index in [1.807, 2.05) is 6.07 Å². The van der Waals surface area contributed by atoms with Crippen LogP contribution in [0.15, 0.2) is 65.7 Å². The zero-order valence-corrected chi connectivity index (χ0v) is 15.4. The van der Waals surface area contributed by atoms with E-state index in [-0.39, 0.29) is 15.5 Å². The lowest BCUT2D eigenvalue weighted by Gasteiger charge is -2.07. The standard InChI is InChI=1S/C19H13ClFN3O2S/c20-14-4-3-5-15(21)13(14)11-27(25,26)12-7-8-16-18(10-12)24-19(23-16)17-6-1-2-9-22-17/h1-10H,11H2,(H,23,24). The van der Waals surface area contributed by atoms with Crippen LogP contribution in [0.25, 0.3) is 22.6 Å². The molecule has 0 aliphatic rings. The maximum Gasteiger partial charge on any atom is 0.182 e. The maximum absolute atomic E-state index is 14.0. The molecule has 0 fully saturated rings. The van der Waals surface area contributed by atoms with Crippen molar-refractivity contribution in [3.05, 3.63) is 77.2 Å². The van der Waals surface area contributed by atoms with Gasteiger partial charge >= 0.3 is 0 Å². The van der Waals surface area contributed by atoms with Gasteiger partial charge in [-0.15, -0.1) is 0 Å². The maximum atomic E-state index is 14.0. The molecule has 4 rings (SSSR count). The van der Waals surface area contributed by atoms with Crippen LogP contribution >= 0.6 is 11.6 Å². The van der Waals surface area contributed by atoms with Crippen molar-refractivity contribution in [2.24, 2.45) is 0 Å². The lowest BCUT2D eigenvalue weighted by atomic mass is 10.2. The van der Waals surface area contributed by atoms with E-state index in [9.17, 15) is 12.8 Å². The van der Waals surface area contributed by atoms with Crippen LogP contribution in [0.1, 0.15) is 5.56 Å². The van der Waals surface area contributed by atoms with Gasteiger partial charge in [0.2, 0.25) is 0 Å². The normalized spacial score (nSPS) is 11.8. The van der Waals surface area contributed by atoms with Crippen molar-refractivity contribution in [3.8, 4) is 11.5 Å². The molecule has 27 heavy (non-hydrogen) atoms. The first-order valence-electron chi connectivity index (χ1n) is 8.01. The highest BCUT2D eigenvalue weighted by atomic mass is 35.5. The molecule has 0 aliphatic carbocycles. The molecule has 0 unspecified atom stereocenters. The third kappa shape index (κ3) is 3.43. The van der Waals surface area contributed by atoms with Gasteiger partial charge in [0, 0.05) is 16.8 Å². The number of fused-ring (bicyclic) bond motifs is 1. The number of halogens is 2. The number of nitrogens with one attached hydrogen (secondary N) is 1. The summed E-state index contributed by atoms with van der Waals surface area (Å²) >= 11 is 5.96. The van der Waals surface area contributed by atoms with Crippen molar-refractivity contribution in [1.82, 2.24) is 15.0 Å². The Hall–Kier alpha value is -2.77. The monoisotopic (exact) mass is 401 g/mol. The zero-order chi connectivity index (χ0) is 19.0. The second kappa shape index (κ2) is 6.75. The van der Waals surface area contributed by atoms with Crippen molar-refractivity contribution >= 4 is 32.5 Å². The highest BCUT2D eigenvalue weighted by Gasteiger charge is 2.21. The molecule has 0 spiro atoms. The summed E-state index contributed by atoms with van der Waals surface area (Å²) in [7, 11) is -3.79. The Balaban J connectivity index is 1.73. The Morgan fingerprint density at radius 2 is 1.93 bits per heavy atom. The molecule has 136 valence electrons. The van der Waals surface area contributed by atoms with Gasteiger partial charge in [0.25, 0.3) is 0 Å². The summed E-state index contributed by atoms with van der Waals surface area (Å²) in [5.74, 6) is -0.631. The first kappa shape index (κ1) is 17.6.